The highest BCUT2D eigenvalue weighted by molar-refractivity contribution is 6.19. The molecule has 0 radical (unpaired) electrons. The lowest BCUT2D eigenvalue weighted by Gasteiger charge is -2.06. The van der Waals surface area contributed by atoms with E-state index in [4.69, 9.17) is 7.16 Å². The van der Waals surface area contributed by atoms with Crippen LogP contribution in [0.25, 0.3) is 44.0 Å². The molecule has 2 aromatic heterocycles. The van der Waals surface area contributed by atoms with E-state index in [1.807, 2.05) is 36.0 Å². The third-order valence-electron chi connectivity index (χ3n) is 5.42. The van der Waals surface area contributed by atoms with E-state index in [0.717, 1.165) is 38.8 Å². The number of aryl methyl sites for hydroxylation is 3. The molecule has 27 heavy (non-hydrogen) atoms. The van der Waals surface area contributed by atoms with Crippen LogP contribution in [0.2, 0.25) is 0 Å². The molecule has 0 unspecified atom stereocenters. The molecule has 5 aromatic rings. The van der Waals surface area contributed by atoms with Crippen molar-refractivity contribution >= 4 is 32.7 Å². The first-order chi connectivity index (χ1) is 13.8. The summed E-state index contributed by atoms with van der Waals surface area (Å²) in [5.74, 6) is 0. The predicted molar refractivity (Wildman–Crippen MR) is 112 cm³/mol. The molecule has 0 fully saturated rings. The third kappa shape index (κ3) is 2.44. The van der Waals surface area contributed by atoms with Crippen molar-refractivity contribution in [2.75, 3.05) is 0 Å². The highest BCUT2D eigenvalue weighted by atomic mass is 16.3. The summed E-state index contributed by atoms with van der Waals surface area (Å²) in [5.41, 5.74) is 5.56. The Labute approximate surface area is 161 Å². The molecular formula is C25H22NO+. The first kappa shape index (κ1) is 14.0. The molecule has 0 atom stereocenters. The van der Waals surface area contributed by atoms with Crippen molar-refractivity contribution in [2.45, 2.75) is 20.2 Å². The van der Waals surface area contributed by atoms with E-state index in [2.05, 4.69) is 49.4 Å². The number of hydrogen-bond acceptors (Lipinski definition) is 1. The second kappa shape index (κ2) is 5.95. The summed E-state index contributed by atoms with van der Waals surface area (Å²) in [6.07, 6.45) is 0.529. The van der Waals surface area contributed by atoms with Gasteiger partial charge in [-0.15, -0.1) is 0 Å². The van der Waals surface area contributed by atoms with Gasteiger partial charge in [0.25, 0.3) is 0 Å². The van der Waals surface area contributed by atoms with Gasteiger partial charge in [-0.05, 0) is 53.4 Å². The van der Waals surface area contributed by atoms with Crippen LogP contribution in [-0.4, -0.2) is 0 Å². The van der Waals surface area contributed by atoms with Gasteiger partial charge in [-0.1, -0.05) is 37.3 Å². The maximum Gasteiger partial charge on any atom is 0.212 e. The lowest BCUT2D eigenvalue weighted by molar-refractivity contribution is -0.660. The van der Waals surface area contributed by atoms with Crippen LogP contribution >= 0.6 is 0 Å². The van der Waals surface area contributed by atoms with Crippen LogP contribution in [-0.2, 0) is 13.4 Å². The molecule has 132 valence electrons. The summed E-state index contributed by atoms with van der Waals surface area (Å²) in [7, 11) is 1.99. The van der Waals surface area contributed by atoms with Gasteiger partial charge in [0.15, 0.2) is 6.20 Å². The van der Waals surface area contributed by atoms with Crippen LogP contribution in [0.1, 0.15) is 20.8 Å². The molecule has 0 amide bonds. The minimum Gasteiger partial charge on any atom is -0.456 e. The summed E-state index contributed by atoms with van der Waals surface area (Å²) < 4.78 is 24.4. The fourth-order valence-electron chi connectivity index (χ4n) is 3.97. The Kier molecular flexibility index (Phi) is 3.08. The lowest BCUT2D eigenvalue weighted by Crippen LogP contribution is -2.30. The summed E-state index contributed by atoms with van der Waals surface area (Å²) in [5, 5.41) is 4.66. The van der Waals surface area contributed by atoms with E-state index in [-0.39, 0.29) is 0 Å². The minimum atomic E-state index is -1.39. The molecule has 0 saturated heterocycles. The third-order valence-corrected chi connectivity index (χ3v) is 5.42. The summed E-state index contributed by atoms with van der Waals surface area (Å²) in [4.78, 5) is 0. The van der Waals surface area contributed by atoms with E-state index in [9.17, 15) is 0 Å². The summed E-state index contributed by atoms with van der Waals surface area (Å²) >= 11 is 0. The number of aromatic nitrogens is 1. The van der Waals surface area contributed by atoms with E-state index >= 15 is 0 Å². The average molecular weight is 354 g/mol. The van der Waals surface area contributed by atoms with Gasteiger partial charge in [-0.2, -0.15) is 0 Å². The van der Waals surface area contributed by atoms with Crippen molar-refractivity contribution in [1.29, 1.82) is 0 Å². The first-order valence-corrected chi connectivity index (χ1v) is 9.18. The number of nitrogens with zero attached hydrogens (tertiary/aromatic N) is 1. The molecule has 2 heteroatoms. The fraction of sp³-hybridized carbons (Fsp3) is 0.160. The van der Waals surface area contributed by atoms with Crippen LogP contribution < -0.4 is 4.57 Å². The summed E-state index contributed by atoms with van der Waals surface area (Å²) in [6.45, 7) is 3.69. The van der Waals surface area contributed by atoms with Crippen LogP contribution in [0.5, 0.6) is 0 Å². The molecule has 2 heterocycles. The molecule has 0 saturated carbocycles. The van der Waals surface area contributed by atoms with E-state index in [0.29, 0.717) is 5.56 Å². The van der Waals surface area contributed by atoms with Crippen molar-refractivity contribution in [3.05, 3.63) is 78.0 Å². The fourth-order valence-corrected chi connectivity index (χ4v) is 3.97. The second-order valence-corrected chi connectivity index (χ2v) is 7.09. The Morgan fingerprint density at radius 3 is 2.67 bits per heavy atom. The Morgan fingerprint density at radius 1 is 0.963 bits per heavy atom. The van der Waals surface area contributed by atoms with E-state index < -0.39 is 6.37 Å². The molecule has 0 bridgehead atoms. The molecule has 0 aliphatic heterocycles. The standard InChI is InChI=1S/C25H22NO/c1-4-17-11-12-26(3)22(14-17)20-15-24-21(13-16(20)2)25-19-8-6-5-7-18(19)9-10-23(25)27-24/h5-15H,4H2,1-3H3/q+1/i4D2. The van der Waals surface area contributed by atoms with Gasteiger partial charge >= 0.3 is 0 Å². The maximum absolute atomic E-state index is 8.08. The number of rotatable bonds is 2. The highest BCUT2D eigenvalue weighted by Gasteiger charge is 2.18. The van der Waals surface area contributed by atoms with Crippen LogP contribution in [0.15, 0.2) is 71.3 Å². The SMILES string of the molecule is [2H]C([2H])(C)c1cc[n+](C)c(-c2cc3oc4ccc5ccccc5c4c3cc2C)c1. The maximum atomic E-state index is 8.08. The Bertz CT molecular complexity index is 1410. The van der Waals surface area contributed by atoms with Gasteiger partial charge < -0.3 is 4.42 Å². The smallest absolute Gasteiger partial charge is 0.212 e. The van der Waals surface area contributed by atoms with Gasteiger partial charge in [0.1, 0.15) is 18.2 Å². The van der Waals surface area contributed by atoms with Gasteiger partial charge in [-0.3, -0.25) is 0 Å². The quantitative estimate of drug-likeness (QED) is 0.350. The van der Waals surface area contributed by atoms with Gasteiger partial charge in [0.2, 0.25) is 5.69 Å². The van der Waals surface area contributed by atoms with Crippen molar-refractivity contribution < 1.29 is 11.7 Å². The molecule has 0 aliphatic rings. The average Bonchev–Trinajstić information content (AvgIpc) is 3.05. The number of pyridine rings is 1. The van der Waals surface area contributed by atoms with Gasteiger partial charge in [0, 0.05) is 25.6 Å². The zero-order chi connectivity index (χ0) is 20.3. The van der Waals surface area contributed by atoms with E-state index in [1.54, 1.807) is 6.92 Å². The highest BCUT2D eigenvalue weighted by Crippen LogP contribution is 2.37. The Morgan fingerprint density at radius 2 is 1.81 bits per heavy atom. The topological polar surface area (TPSA) is 17.0 Å². The molecule has 3 aromatic carbocycles. The van der Waals surface area contributed by atoms with E-state index in [1.165, 1.54) is 10.8 Å². The van der Waals surface area contributed by atoms with Crippen molar-refractivity contribution in [3.63, 3.8) is 0 Å². The first-order valence-electron chi connectivity index (χ1n) is 10.2. The van der Waals surface area contributed by atoms with Gasteiger partial charge in [0.05, 0.1) is 5.56 Å². The zero-order valence-corrected chi connectivity index (χ0v) is 15.7. The van der Waals surface area contributed by atoms with Crippen molar-refractivity contribution in [2.24, 2.45) is 7.05 Å². The molecule has 0 N–H and O–H groups in total. The molecule has 0 aliphatic carbocycles. The summed E-state index contributed by atoms with van der Waals surface area (Å²) in [6, 6.07) is 20.6. The molecular weight excluding hydrogens is 330 g/mol. The Balaban J connectivity index is 1.81. The molecule has 2 nitrogen and oxygen atoms in total. The predicted octanol–water partition coefficient (Wildman–Crippen LogP) is 6.10. The van der Waals surface area contributed by atoms with Crippen molar-refractivity contribution in [1.82, 2.24) is 0 Å². The lowest BCUT2D eigenvalue weighted by atomic mass is 9.98. The van der Waals surface area contributed by atoms with Crippen LogP contribution in [0.4, 0.5) is 0 Å². The van der Waals surface area contributed by atoms with Gasteiger partial charge in [-0.25, -0.2) is 4.57 Å². The van der Waals surface area contributed by atoms with Crippen LogP contribution in [0, 0.1) is 6.92 Å². The molecule has 0 spiro atoms. The molecule has 5 rings (SSSR count). The second-order valence-electron chi connectivity index (χ2n) is 7.09. The number of fused-ring (bicyclic) bond motifs is 5. The monoisotopic (exact) mass is 354 g/mol. The number of benzene rings is 3. The normalized spacial score (nSPS) is 13.3. The van der Waals surface area contributed by atoms with Crippen LogP contribution in [0.3, 0.4) is 0 Å². The van der Waals surface area contributed by atoms with Crippen molar-refractivity contribution in [3.8, 4) is 11.3 Å². The largest absolute Gasteiger partial charge is 0.456 e. The number of hydrogen-bond donors (Lipinski definition) is 0. The minimum absolute atomic E-state index is 0.667. The zero-order valence-electron chi connectivity index (χ0n) is 17.7. The number of furan rings is 1. The Hall–Kier alpha value is -3.13.